The van der Waals surface area contributed by atoms with Crippen molar-refractivity contribution in [3.8, 4) is 0 Å². The summed E-state index contributed by atoms with van der Waals surface area (Å²) in [7, 11) is 0. The van der Waals surface area contributed by atoms with Gasteiger partial charge in [-0.15, -0.1) is 0 Å². The first-order valence-corrected chi connectivity index (χ1v) is 9.23. The zero-order valence-electron chi connectivity index (χ0n) is 14.5. The maximum Gasteiger partial charge on any atom is 0.105 e. The van der Waals surface area contributed by atoms with E-state index < -0.39 is 0 Å². The van der Waals surface area contributed by atoms with Gasteiger partial charge >= 0.3 is 0 Å². The topological polar surface area (TPSA) is 20.2 Å². The second-order valence-electron chi connectivity index (χ2n) is 7.33. The minimum Gasteiger partial charge on any atom is -0.358 e. The third kappa shape index (κ3) is 3.25. The van der Waals surface area contributed by atoms with Crippen LogP contribution in [0, 0.1) is 12.8 Å². The van der Waals surface area contributed by atoms with Crippen LogP contribution in [0.2, 0.25) is 0 Å². The number of aromatic amines is 1. The van der Waals surface area contributed by atoms with E-state index in [1.54, 1.807) is 4.90 Å². The minimum absolute atomic E-state index is 0.861. The van der Waals surface area contributed by atoms with E-state index in [2.05, 4.69) is 66.5 Å². The number of benzene rings is 2. The molecule has 2 nitrogen and oxygen atoms in total. The van der Waals surface area contributed by atoms with Gasteiger partial charge in [-0.2, -0.15) is 0 Å². The highest BCUT2D eigenvalue weighted by atomic mass is 15.1. The van der Waals surface area contributed by atoms with Gasteiger partial charge in [0.1, 0.15) is 6.54 Å². The minimum atomic E-state index is 0.861. The van der Waals surface area contributed by atoms with Crippen molar-refractivity contribution in [2.45, 2.75) is 32.7 Å². The summed E-state index contributed by atoms with van der Waals surface area (Å²) in [6.07, 6.45) is 3.96. The number of quaternary nitrogens is 1. The average molecular weight is 319 g/mol. The van der Waals surface area contributed by atoms with E-state index in [0.29, 0.717) is 0 Å². The number of hydrogen-bond acceptors (Lipinski definition) is 0. The predicted octanol–water partition coefficient (Wildman–Crippen LogP) is 3.51. The molecule has 1 aromatic heterocycles. The lowest BCUT2D eigenvalue weighted by Gasteiger charge is -2.29. The van der Waals surface area contributed by atoms with Crippen LogP contribution in [-0.4, -0.2) is 18.1 Å². The number of H-pyrrole nitrogens is 1. The third-order valence-electron chi connectivity index (χ3n) is 5.63. The molecule has 1 aliphatic heterocycles. The van der Waals surface area contributed by atoms with Gasteiger partial charge in [0.05, 0.1) is 13.1 Å². The zero-order chi connectivity index (χ0) is 16.4. The van der Waals surface area contributed by atoms with Gasteiger partial charge in [0.15, 0.2) is 0 Å². The highest BCUT2D eigenvalue weighted by Gasteiger charge is 2.23. The van der Waals surface area contributed by atoms with Crippen molar-refractivity contribution < 1.29 is 4.90 Å². The summed E-state index contributed by atoms with van der Waals surface area (Å²) in [6, 6.07) is 19.7. The Kier molecular flexibility index (Phi) is 4.40. The van der Waals surface area contributed by atoms with Crippen LogP contribution in [0.25, 0.3) is 10.9 Å². The molecule has 2 N–H and O–H groups in total. The number of hydrogen-bond donors (Lipinski definition) is 2. The van der Waals surface area contributed by atoms with Crippen molar-refractivity contribution >= 4 is 10.9 Å². The third-order valence-corrected chi connectivity index (χ3v) is 5.63. The van der Waals surface area contributed by atoms with E-state index in [4.69, 9.17) is 0 Å². The first-order valence-electron chi connectivity index (χ1n) is 9.23. The maximum atomic E-state index is 3.54. The molecule has 0 unspecified atom stereocenters. The molecule has 124 valence electrons. The quantitative estimate of drug-likeness (QED) is 0.734. The molecule has 2 aromatic carbocycles. The number of aromatic nitrogens is 1. The summed E-state index contributed by atoms with van der Waals surface area (Å²) < 4.78 is 0. The lowest BCUT2D eigenvalue weighted by atomic mass is 9.90. The van der Waals surface area contributed by atoms with Crippen LogP contribution in [0.15, 0.2) is 54.6 Å². The molecular formula is C22H27N2+. The molecule has 0 saturated carbocycles. The van der Waals surface area contributed by atoms with Crippen LogP contribution >= 0.6 is 0 Å². The summed E-state index contributed by atoms with van der Waals surface area (Å²) in [4.78, 5) is 5.29. The van der Waals surface area contributed by atoms with Crippen molar-refractivity contribution in [1.29, 1.82) is 0 Å². The fourth-order valence-electron chi connectivity index (χ4n) is 4.23. The number of likely N-dealkylation sites (tertiary alicyclic amines) is 1. The molecule has 0 radical (unpaired) electrons. The van der Waals surface area contributed by atoms with Crippen LogP contribution in [0.3, 0.4) is 0 Å². The van der Waals surface area contributed by atoms with Gasteiger partial charge < -0.3 is 9.88 Å². The van der Waals surface area contributed by atoms with Crippen LogP contribution in [0.5, 0.6) is 0 Å². The molecule has 0 bridgehead atoms. The molecule has 0 aliphatic carbocycles. The lowest BCUT2D eigenvalue weighted by Crippen LogP contribution is -3.11. The summed E-state index contributed by atoms with van der Waals surface area (Å²) in [5, 5.41) is 1.41. The SMILES string of the molecule is Cc1[nH]c2ccccc2c1C[NH+]1CCC(Cc2ccccc2)CC1. The van der Waals surface area contributed by atoms with Gasteiger partial charge in [0.25, 0.3) is 0 Å². The molecule has 4 rings (SSSR count). The van der Waals surface area contributed by atoms with E-state index in [9.17, 15) is 0 Å². The Balaban J connectivity index is 1.38. The van der Waals surface area contributed by atoms with Gasteiger partial charge in [0.2, 0.25) is 0 Å². The van der Waals surface area contributed by atoms with Crippen molar-refractivity contribution in [2.24, 2.45) is 5.92 Å². The Bertz CT molecular complexity index is 795. The number of aryl methyl sites for hydroxylation is 1. The van der Waals surface area contributed by atoms with E-state index in [1.165, 1.54) is 60.1 Å². The van der Waals surface area contributed by atoms with Crippen LogP contribution in [0.1, 0.15) is 29.7 Å². The molecule has 1 fully saturated rings. The van der Waals surface area contributed by atoms with Gasteiger partial charge in [-0.25, -0.2) is 0 Å². The first kappa shape index (κ1) is 15.5. The Hall–Kier alpha value is -2.06. The Labute approximate surface area is 144 Å². The predicted molar refractivity (Wildman–Crippen MR) is 100 cm³/mol. The smallest absolute Gasteiger partial charge is 0.105 e. The molecule has 0 spiro atoms. The Morgan fingerprint density at radius 3 is 2.46 bits per heavy atom. The van der Waals surface area contributed by atoms with Crippen molar-refractivity contribution in [3.63, 3.8) is 0 Å². The number of rotatable bonds is 4. The van der Waals surface area contributed by atoms with Crippen molar-refractivity contribution in [1.82, 2.24) is 4.98 Å². The fraction of sp³-hybridized carbons (Fsp3) is 0.364. The summed E-state index contributed by atoms with van der Waals surface area (Å²) in [5.41, 5.74) is 5.64. The highest BCUT2D eigenvalue weighted by molar-refractivity contribution is 5.84. The molecule has 0 atom stereocenters. The number of piperidine rings is 1. The number of nitrogens with one attached hydrogen (secondary N) is 2. The first-order chi connectivity index (χ1) is 11.8. The van der Waals surface area contributed by atoms with Crippen LogP contribution < -0.4 is 4.90 Å². The summed E-state index contributed by atoms with van der Waals surface area (Å²) >= 11 is 0. The number of fused-ring (bicyclic) bond motifs is 1. The average Bonchev–Trinajstić information content (AvgIpc) is 2.93. The second-order valence-corrected chi connectivity index (χ2v) is 7.33. The van der Waals surface area contributed by atoms with E-state index >= 15 is 0 Å². The molecule has 3 aromatic rings. The Morgan fingerprint density at radius 1 is 0.958 bits per heavy atom. The Morgan fingerprint density at radius 2 is 1.67 bits per heavy atom. The van der Waals surface area contributed by atoms with Gasteiger partial charge in [-0.3, -0.25) is 0 Å². The van der Waals surface area contributed by atoms with Crippen molar-refractivity contribution in [3.05, 3.63) is 71.4 Å². The van der Waals surface area contributed by atoms with E-state index in [-0.39, 0.29) is 0 Å². The molecule has 24 heavy (non-hydrogen) atoms. The molecule has 2 heterocycles. The van der Waals surface area contributed by atoms with Crippen LogP contribution in [0.4, 0.5) is 0 Å². The zero-order valence-corrected chi connectivity index (χ0v) is 14.5. The van der Waals surface area contributed by atoms with Gasteiger partial charge in [0, 0.05) is 22.2 Å². The van der Waals surface area contributed by atoms with Crippen molar-refractivity contribution in [2.75, 3.05) is 13.1 Å². The standard InChI is InChI=1S/C22H26N2/c1-17-21(20-9-5-6-10-22(20)23-17)16-24-13-11-19(12-14-24)15-18-7-3-2-4-8-18/h2-10,19,23H,11-16H2,1H3/p+1. The van der Waals surface area contributed by atoms with Gasteiger partial charge in [-0.05, 0) is 43.7 Å². The summed E-state index contributed by atoms with van der Waals surface area (Å²) in [5.74, 6) is 0.861. The monoisotopic (exact) mass is 319 g/mol. The largest absolute Gasteiger partial charge is 0.358 e. The number of para-hydroxylation sites is 1. The lowest BCUT2D eigenvalue weighted by molar-refractivity contribution is -0.919. The van der Waals surface area contributed by atoms with Crippen LogP contribution in [-0.2, 0) is 13.0 Å². The normalized spacial score (nSPS) is 21.2. The second kappa shape index (κ2) is 6.82. The molecule has 1 aliphatic rings. The maximum absolute atomic E-state index is 3.54. The fourth-order valence-corrected chi connectivity index (χ4v) is 4.23. The van der Waals surface area contributed by atoms with Gasteiger partial charge in [-0.1, -0.05) is 48.5 Å². The molecule has 0 amide bonds. The molecular weight excluding hydrogens is 292 g/mol. The molecule has 2 heteroatoms. The highest BCUT2D eigenvalue weighted by Crippen LogP contribution is 2.22. The van der Waals surface area contributed by atoms with E-state index in [0.717, 1.165) is 12.5 Å². The molecule has 1 saturated heterocycles. The van der Waals surface area contributed by atoms with E-state index in [1.807, 2.05) is 0 Å². The summed E-state index contributed by atoms with van der Waals surface area (Å²) in [6.45, 7) is 5.98.